The van der Waals surface area contributed by atoms with Gasteiger partial charge in [-0.05, 0) is 59.5 Å². The van der Waals surface area contributed by atoms with E-state index in [2.05, 4.69) is 55.3 Å². The molecule has 0 saturated heterocycles. The summed E-state index contributed by atoms with van der Waals surface area (Å²) in [6.45, 7) is 6.58. The van der Waals surface area contributed by atoms with Crippen molar-refractivity contribution in [3.05, 3.63) is 83.9 Å². The van der Waals surface area contributed by atoms with E-state index in [1.165, 1.54) is 5.56 Å². The van der Waals surface area contributed by atoms with Crippen LogP contribution in [0.5, 0.6) is 0 Å². The van der Waals surface area contributed by atoms with Crippen molar-refractivity contribution in [3.63, 3.8) is 0 Å². The third kappa shape index (κ3) is 4.84. The lowest BCUT2D eigenvalue weighted by molar-refractivity contribution is -0.349. The number of hydrogen-bond donors (Lipinski definition) is 2. The topological polar surface area (TPSA) is 76.4 Å². The van der Waals surface area contributed by atoms with E-state index >= 15 is 0 Å². The number of carboxylic acid groups (broad SMARTS) is 1. The molecule has 0 bridgehead atoms. The molecule has 0 unspecified atom stereocenters. The average Bonchev–Trinajstić information content (AvgIpc) is 2.73. The van der Waals surface area contributed by atoms with E-state index < -0.39 is 5.97 Å². The predicted octanol–water partition coefficient (Wildman–Crippen LogP) is 2.46. The zero-order valence-electron chi connectivity index (χ0n) is 17.6. The molecule has 31 heavy (non-hydrogen) atoms. The van der Waals surface area contributed by atoms with Crippen LogP contribution in [0, 0.1) is 0 Å². The van der Waals surface area contributed by atoms with E-state index in [0.717, 1.165) is 33.8 Å². The third-order valence-electron chi connectivity index (χ3n) is 5.07. The Hall–Kier alpha value is -3.44. The van der Waals surface area contributed by atoms with Crippen molar-refractivity contribution >= 4 is 28.4 Å². The summed E-state index contributed by atoms with van der Waals surface area (Å²) in [4.78, 5) is 19.3. The number of H-pyrrole nitrogens is 1. The molecule has 0 aliphatic heterocycles. The lowest BCUT2D eigenvalue weighted by Crippen LogP contribution is -3.00. The SMILES string of the molecule is CC(C)(C)c1ccc(-c2nc3ccccc3c(Nc3ccc(C(=O)O)cc3)[nH+]2)cc1.[Cl-]. The third-order valence-corrected chi connectivity index (χ3v) is 5.07. The van der Waals surface area contributed by atoms with Crippen molar-refractivity contribution in [1.29, 1.82) is 0 Å². The molecule has 1 heterocycles. The number of nitrogens with one attached hydrogen (secondary N) is 2. The Morgan fingerprint density at radius 1 is 0.935 bits per heavy atom. The Bertz CT molecular complexity index is 1210. The Kier molecular flexibility index (Phi) is 6.27. The standard InChI is InChI=1S/C25H23N3O2.ClH/c1-25(2,3)18-12-8-16(9-13-18)22-27-21-7-5-4-6-20(21)23(28-22)26-19-14-10-17(11-15-19)24(29)30;/h4-15H,1-3H3,(H,29,30)(H,26,27,28);1H. The van der Waals surface area contributed by atoms with Crippen LogP contribution in [-0.2, 0) is 5.41 Å². The maximum absolute atomic E-state index is 11.1. The number of aromatic carboxylic acids is 1. The van der Waals surface area contributed by atoms with Gasteiger partial charge in [-0.3, -0.25) is 5.32 Å². The fourth-order valence-corrected chi connectivity index (χ4v) is 3.32. The van der Waals surface area contributed by atoms with Gasteiger partial charge in [0.1, 0.15) is 0 Å². The number of fused-ring (bicyclic) bond motifs is 1. The molecule has 158 valence electrons. The summed E-state index contributed by atoms with van der Waals surface area (Å²) in [6.07, 6.45) is 0. The Morgan fingerprint density at radius 3 is 2.19 bits per heavy atom. The van der Waals surface area contributed by atoms with Gasteiger partial charge in [-0.25, -0.2) is 9.78 Å². The number of aromatic amines is 1. The molecule has 3 N–H and O–H groups in total. The number of para-hydroxylation sites is 1. The first-order chi connectivity index (χ1) is 14.3. The van der Waals surface area contributed by atoms with Crippen LogP contribution in [0.25, 0.3) is 22.3 Å². The largest absolute Gasteiger partial charge is 1.00 e. The van der Waals surface area contributed by atoms with Crippen LogP contribution in [0.4, 0.5) is 11.5 Å². The van der Waals surface area contributed by atoms with Gasteiger partial charge in [0.25, 0.3) is 5.82 Å². The van der Waals surface area contributed by atoms with E-state index in [1.54, 1.807) is 24.3 Å². The quantitative estimate of drug-likeness (QED) is 0.518. The van der Waals surface area contributed by atoms with Gasteiger partial charge >= 0.3 is 5.97 Å². The highest BCUT2D eigenvalue weighted by Crippen LogP contribution is 2.27. The molecule has 5 nitrogen and oxygen atoms in total. The zero-order valence-corrected chi connectivity index (χ0v) is 18.4. The minimum Gasteiger partial charge on any atom is -1.00 e. The number of carbonyl (C=O) groups is 1. The number of anilines is 2. The van der Waals surface area contributed by atoms with Crippen LogP contribution in [0.3, 0.4) is 0 Å². The van der Waals surface area contributed by atoms with Gasteiger partial charge < -0.3 is 17.5 Å². The van der Waals surface area contributed by atoms with Crippen LogP contribution in [0.15, 0.2) is 72.8 Å². The smallest absolute Gasteiger partial charge is 0.335 e. The second-order valence-corrected chi connectivity index (χ2v) is 8.31. The summed E-state index contributed by atoms with van der Waals surface area (Å²) in [6, 6.07) is 23.0. The van der Waals surface area contributed by atoms with E-state index in [-0.39, 0.29) is 23.4 Å². The number of rotatable bonds is 4. The van der Waals surface area contributed by atoms with Gasteiger partial charge in [-0.15, -0.1) is 4.98 Å². The summed E-state index contributed by atoms with van der Waals surface area (Å²) in [5, 5.41) is 13.4. The van der Waals surface area contributed by atoms with Crippen LogP contribution >= 0.6 is 0 Å². The first kappa shape index (κ1) is 22.2. The van der Waals surface area contributed by atoms with Crippen LogP contribution in [-0.4, -0.2) is 16.1 Å². The first-order valence-electron chi connectivity index (χ1n) is 9.85. The van der Waals surface area contributed by atoms with Gasteiger partial charge in [-0.2, -0.15) is 0 Å². The second kappa shape index (κ2) is 8.74. The van der Waals surface area contributed by atoms with Crippen LogP contribution in [0.2, 0.25) is 0 Å². The molecule has 0 saturated carbocycles. The number of aromatic nitrogens is 2. The summed E-state index contributed by atoms with van der Waals surface area (Å²) >= 11 is 0. The molecule has 0 amide bonds. The summed E-state index contributed by atoms with van der Waals surface area (Å²) in [7, 11) is 0. The maximum atomic E-state index is 11.1. The molecule has 0 spiro atoms. The maximum Gasteiger partial charge on any atom is 0.335 e. The summed E-state index contributed by atoms with van der Waals surface area (Å²) in [5.41, 5.74) is 4.27. The number of nitrogens with zero attached hydrogens (tertiary/aromatic N) is 1. The van der Waals surface area contributed by atoms with Crippen LogP contribution in [0.1, 0.15) is 36.7 Å². The number of halogens is 1. The van der Waals surface area contributed by atoms with E-state index in [0.29, 0.717) is 0 Å². The minimum absolute atomic E-state index is 0. The van der Waals surface area contributed by atoms with Gasteiger partial charge in [0.15, 0.2) is 5.52 Å². The lowest BCUT2D eigenvalue weighted by Gasteiger charge is -2.18. The van der Waals surface area contributed by atoms with Gasteiger partial charge in [0.05, 0.1) is 22.2 Å². The van der Waals surface area contributed by atoms with Crippen molar-refractivity contribution in [2.45, 2.75) is 26.2 Å². The van der Waals surface area contributed by atoms with E-state index in [1.807, 2.05) is 24.3 Å². The minimum atomic E-state index is -0.941. The first-order valence-corrected chi connectivity index (χ1v) is 9.85. The lowest BCUT2D eigenvalue weighted by atomic mass is 9.87. The molecule has 3 aromatic carbocycles. The Morgan fingerprint density at radius 2 is 1.58 bits per heavy atom. The molecule has 0 aliphatic carbocycles. The molecular weight excluding hydrogens is 410 g/mol. The molecule has 4 rings (SSSR count). The zero-order chi connectivity index (χ0) is 21.3. The van der Waals surface area contributed by atoms with Crippen molar-refractivity contribution < 1.29 is 27.3 Å². The monoisotopic (exact) mass is 433 g/mol. The van der Waals surface area contributed by atoms with Crippen molar-refractivity contribution in [3.8, 4) is 11.4 Å². The fourth-order valence-electron chi connectivity index (χ4n) is 3.32. The van der Waals surface area contributed by atoms with Crippen molar-refractivity contribution in [2.24, 2.45) is 0 Å². The number of hydrogen-bond acceptors (Lipinski definition) is 3. The Balaban J connectivity index is 0.00000272. The molecule has 0 aliphatic rings. The highest BCUT2D eigenvalue weighted by atomic mass is 35.5. The summed E-state index contributed by atoms with van der Waals surface area (Å²) < 4.78 is 0. The average molecular weight is 434 g/mol. The molecular formula is C25H24ClN3O2. The molecule has 0 radical (unpaired) electrons. The normalized spacial score (nSPS) is 11.1. The predicted molar refractivity (Wildman–Crippen MR) is 119 cm³/mol. The summed E-state index contributed by atoms with van der Waals surface area (Å²) in [5.74, 6) is 0.626. The van der Waals surface area contributed by atoms with Gasteiger partial charge in [-0.1, -0.05) is 45.0 Å². The van der Waals surface area contributed by atoms with Crippen LogP contribution < -0.4 is 22.7 Å². The highest BCUT2D eigenvalue weighted by molar-refractivity contribution is 5.91. The fraction of sp³-hybridized carbons (Fsp3) is 0.160. The second-order valence-electron chi connectivity index (χ2n) is 8.31. The molecule has 4 aromatic rings. The molecule has 0 atom stereocenters. The number of carboxylic acids is 1. The van der Waals surface area contributed by atoms with E-state index in [4.69, 9.17) is 10.1 Å². The van der Waals surface area contributed by atoms with Gasteiger partial charge in [0, 0.05) is 0 Å². The van der Waals surface area contributed by atoms with E-state index in [9.17, 15) is 4.79 Å². The molecule has 0 fully saturated rings. The van der Waals surface area contributed by atoms with Crippen molar-refractivity contribution in [2.75, 3.05) is 5.32 Å². The number of benzene rings is 3. The molecule has 1 aromatic heterocycles. The van der Waals surface area contributed by atoms with Gasteiger partial charge in [0.2, 0.25) is 5.82 Å². The van der Waals surface area contributed by atoms with Crippen molar-refractivity contribution in [1.82, 2.24) is 4.98 Å². The highest BCUT2D eigenvalue weighted by Gasteiger charge is 2.18. The Labute approximate surface area is 187 Å². The molecule has 6 heteroatoms.